The van der Waals surface area contributed by atoms with Crippen LogP contribution in [0.2, 0.25) is 0 Å². The number of hydrogen-bond acceptors (Lipinski definition) is 4. The van der Waals surface area contributed by atoms with Gasteiger partial charge < -0.3 is 4.52 Å². The van der Waals surface area contributed by atoms with E-state index in [0.29, 0.717) is 17.1 Å². The first-order valence-corrected chi connectivity index (χ1v) is 9.32. The van der Waals surface area contributed by atoms with Crippen LogP contribution in [0.5, 0.6) is 0 Å². The Morgan fingerprint density at radius 3 is 2.28 bits per heavy atom. The number of nitrogens with zero attached hydrogens (tertiary/aromatic N) is 3. The number of para-hydroxylation sites is 1. The molecule has 0 N–H and O–H groups in total. The standard InChI is InChI=1S/C24H17N3O2/c1-16-11-13-17(14-12-16)22-25-23(29-26-22)21-15-27(18-7-3-2-4-8-18)24(28)20-10-6-5-9-19(20)21/h2-15H,1H3. The van der Waals surface area contributed by atoms with Crippen LogP contribution in [0, 0.1) is 6.92 Å². The molecule has 0 saturated carbocycles. The second-order valence-electron chi connectivity index (χ2n) is 6.89. The fourth-order valence-electron chi connectivity index (χ4n) is 3.40. The van der Waals surface area contributed by atoms with Gasteiger partial charge in [-0.05, 0) is 25.1 Å². The smallest absolute Gasteiger partial charge is 0.262 e. The van der Waals surface area contributed by atoms with Crippen LogP contribution in [0.15, 0.2) is 94.4 Å². The van der Waals surface area contributed by atoms with E-state index in [1.165, 1.54) is 5.56 Å². The lowest BCUT2D eigenvalue weighted by Crippen LogP contribution is -2.18. The van der Waals surface area contributed by atoms with Gasteiger partial charge in [-0.15, -0.1) is 0 Å². The van der Waals surface area contributed by atoms with E-state index in [4.69, 9.17) is 4.52 Å². The van der Waals surface area contributed by atoms with Crippen molar-refractivity contribution in [2.75, 3.05) is 0 Å². The van der Waals surface area contributed by atoms with E-state index in [2.05, 4.69) is 10.1 Å². The van der Waals surface area contributed by atoms with Crippen molar-refractivity contribution < 1.29 is 4.52 Å². The third kappa shape index (κ3) is 3.02. The molecular weight excluding hydrogens is 362 g/mol. The highest BCUT2D eigenvalue weighted by Crippen LogP contribution is 2.28. The lowest BCUT2D eigenvalue weighted by Gasteiger charge is -2.10. The summed E-state index contributed by atoms with van der Waals surface area (Å²) in [5.74, 6) is 0.892. The first kappa shape index (κ1) is 17.1. The van der Waals surface area contributed by atoms with Crippen LogP contribution in [-0.2, 0) is 0 Å². The molecular formula is C24H17N3O2. The van der Waals surface area contributed by atoms with Gasteiger partial charge in [-0.2, -0.15) is 4.98 Å². The third-order valence-electron chi connectivity index (χ3n) is 4.93. The molecule has 5 aromatic rings. The maximum Gasteiger partial charge on any atom is 0.262 e. The van der Waals surface area contributed by atoms with Gasteiger partial charge in [-0.3, -0.25) is 9.36 Å². The van der Waals surface area contributed by atoms with Gasteiger partial charge in [-0.1, -0.05) is 71.4 Å². The molecule has 0 aliphatic rings. The summed E-state index contributed by atoms with van der Waals surface area (Å²) >= 11 is 0. The Labute approximate surface area is 166 Å². The van der Waals surface area contributed by atoms with Gasteiger partial charge in [-0.25, -0.2) is 0 Å². The molecule has 0 aliphatic carbocycles. The van der Waals surface area contributed by atoms with Gasteiger partial charge >= 0.3 is 0 Å². The second kappa shape index (κ2) is 6.87. The predicted molar refractivity (Wildman–Crippen MR) is 113 cm³/mol. The van der Waals surface area contributed by atoms with Crippen LogP contribution < -0.4 is 5.56 Å². The molecule has 0 amide bonds. The second-order valence-corrected chi connectivity index (χ2v) is 6.89. The third-order valence-corrected chi connectivity index (χ3v) is 4.93. The maximum atomic E-state index is 13.1. The number of aromatic nitrogens is 3. The van der Waals surface area contributed by atoms with Crippen molar-refractivity contribution in [2.45, 2.75) is 6.92 Å². The van der Waals surface area contributed by atoms with Crippen LogP contribution in [-0.4, -0.2) is 14.7 Å². The molecule has 140 valence electrons. The van der Waals surface area contributed by atoms with E-state index in [9.17, 15) is 4.79 Å². The van der Waals surface area contributed by atoms with E-state index in [1.807, 2.05) is 85.8 Å². The van der Waals surface area contributed by atoms with E-state index >= 15 is 0 Å². The van der Waals surface area contributed by atoms with E-state index in [1.54, 1.807) is 10.8 Å². The predicted octanol–water partition coefficient (Wildman–Crippen LogP) is 5.02. The number of rotatable bonds is 3. The van der Waals surface area contributed by atoms with Crippen molar-refractivity contribution in [1.82, 2.24) is 14.7 Å². The van der Waals surface area contributed by atoms with Crippen molar-refractivity contribution in [1.29, 1.82) is 0 Å². The molecule has 2 aromatic heterocycles. The van der Waals surface area contributed by atoms with Gasteiger partial charge in [0.2, 0.25) is 5.82 Å². The van der Waals surface area contributed by atoms with Crippen molar-refractivity contribution in [3.63, 3.8) is 0 Å². The van der Waals surface area contributed by atoms with Crippen molar-refractivity contribution >= 4 is 10.8 Å². The SMILES string of the molecule is Cc1ccc(-c2noc(-c3cn(-c4ccccc4)c(=O)c4ccccc34)n2)cc1. The molecule has 0 saturated heterocycles. The normalized spacial score (nSPS) is 11.1. The number of hydrogen-bond donors (Lipinski definition) is 0. The monoisotopic (exact) mass is 379 g/mol. The van der Waals surface area contributed by atoms with Crippen LogP contribution >= 0.6 is 0 Å². The highest BCUT2D eigenvalue weighted by Gasteiger charge is 2.17. The summed E-state index contributed by atoms with van der Waals surface area (Å²) in [7, 11) is 0. The largest absolute Gasteiger partial charge is 0.334 e. The summed E-state index contributed by atoms with van der Waals surface area (Å²) in [4.78, 5) is 17.7. The molecule has 29 heavy (non-hydrogen) atoms. The Bertz CT molecular complexity index is 1370. The molecule has 2 heterocycles. The molecule has 0 bridgehead atoms. The summed E-state index contributed by atoms with van der Waals surface area (Å²) in [6.45, 7) is 2.03. The average Bonchev–Trinajstić information content (AvgIpc) is 3.25. The molecule has 5 heteroatoms. The van der Waals surface area contributed by atoms with Gasteiger partial charge in [0, 0.05) is 28.2 Å². The van der Waals surface area contributed by atoms with Gasteiger partial charge in [0.15, 0.2) is 0 Å². The number of aryl methyl sites for hydroxylation is 1. The Kier molecular flexibility index (Phi) is 4.06. The number of fused-ring (bicyclic) bond motifs is 1. The van der Waals surface area contributed by atoms with Crippen molar-refractivity contribution in [2.24, 2.45) is 0 Å². The zero-order chi connectivity index (χ0) is 19.8. The molecule has 0 unspecified atom stereocenters. The first-order valence-electron chi connectivity index (χ1n) is 9.32. The maximum absolute atomic E-state index is 13.1. The molecule has 0 atom stereocenters. The fraction of sp³-hybridized carbons (Fsp3) is 0.0417. The van der Waals surface area contributed by atoms with Crippen LogP contribution in [0.4, 0.5) is 0 Å². The lowest BCUT2D eigenvalue weighted by atomic mass is 10.1. The van der Waals surface area contributed by atoms with Gasteiger partial charge in [0.1, 0.15) is 0 Å². The van der Waals surface area contributed by atoms with E-state index in [0.717, 1.165) is 22.2 Å². The van der Waals surface area contributed by atoms with Crippen LogP contribution in [0.1, 0.15) is 5.56 Å². The quantitative estimate of drug-likeness (QED) is 0.442. The highest BCUT2D eigenvalue weighted by molar-refractivity contribution is 5.94. The number of benzene rings is 3. The summed E-state index contributed by atoms with van der Waals surface area (Å²) in [6, 6.07) is 24.9. The van der Waals surface area contributed by atoms with Crippen LogP contribution in [0.3, 0.4) is 0 Å². The number of pyridine rings is 1. The van der Waals surface area contributed by atoms with Crippen LogP contribution in [0.25, 0.3) is 39.3 Å². The van der Waals surface area contributed by atoms with Crippen molar-refractivity contribution in [3.8, 4) is 28.5 Å². The van der Waals surface area contributed by atoms with E-state index in [-0.39, 0.29) is 5.56 Å². The summed E-state index contributed by atoms with van der Waals surface area (Å²) in [5.41, 5.74) is 3.45. The molecule has 0 fully saturated rings. The summed E-state index contributed by atoms with van der Waals surface area (Å²) < 4.78 is 7.22. The van der Waals surface area contributed by atoms with Gasteiger partial charge in [0.25, 0.3) is 11.4 Å². The van der Waals surface area contributed by atoms with E-state index < -0.39 is 0 Å². The molecule has 0 radical (unpaired) electrons. The minimum atomic E-state index is -0.0891. The summed E-state index contributed by atoms with van der Waals surface area (Å²) in [6.07, 6.45) is 1.77. The highest BCUT2D eigenvalue weighted by atomic mass is 16.5. The Morgan fingerprint density at radius 2 is 1.52 bits per heavy atom. The first-order chi connectivity index (χ1) is 14.2. The minimum Gasteiger partial charge on any atom is -0.334 e. The Morgan fingerprint density at radius 1 is 0.828 bits per heavy atom. The van der Waals surface area contributed by atoms with Crippen molar-refractivity contribution in [3.05, 3.63) is 101 Å². The molecule has 3 aromatic carbocycles. The fourth-order valence-corrected chi connectivity index (χ4v) is 3.40. The Hall–Kier alpha value is -3.99. The summed E-state index contributed by atoms with van der Waals surface area (Å²) in [5, 5.41) is 5.53. The average molecular weight is 379 g/mol. The lowest BCUT2D eigenvalue weighted by molar-refractivity contribution is 0.432. The molecule has 5 rings (SSSR count). The zero-order valence-corrected chi connectivity index (χ0v) is 15.7. The topological polar surface area (TPSA) is 60.9 Å². The molecule has 5 nitrogen and oxygen atoms in total. The minimum absolute atomic E-state index is 0.0891. The molecule has 0 spiro atoms. The zero-order valence-electron chi connectivity index (χ0n) is 15.7. The van der Waals surface area contributed by atoms with Gasteiger partial charge in [0.05, 0.1) is 5.56 Å². The Balaban J connectivity index is 1.72. The molecule has 0 aliphatic heterocycles.